The summed E-state index contributed by atoms with van der Waals surface area (Å²) in [7, 11) is 0. The second-order valence-electron chi connectivity index (χ2n) is 9.30. The fourth-order valence-corrected chi connectivity index (χ4v) is 5.17. The molecule has 0 unspecified atom stereocenters. The van der Waals surface area contributed by atoms with Crippen molar-refractivity contribution in [1.29, 1.82) is 0 Å². The summed E-state index contributed by atoms with van der Waals surface area (Å²) in [6.07, 6.45) is 7.08. The van der Waals surface area contributed by atoms with Crippen LogP contribution in [0.4, 0.5) is 5.95 Å². The molecule has 0 N–H and O–H groups in total. The number of amides is 1. The Hall–Kier alpha value is -3.06. The number of anilines is 1. The fourth-order valence-electron chi connectivity index (χ4n) is 5.17. The van der Waals surface area contributed by atoms with E-state index in [4.69, 9.17) is 4.98 Å². The van der Waals surface area contributed by atoms with Gasteiger partial charge in [-0.3, -0.25) is 14.7 Å². The monoisotopic (exact) mass is 444 g/mol. The maximum atomic E-state index is 12.3. The highest BCUT2D eigenvalue weighted by Gasteiger charge is 2.25. The molecule has 5 rings (SSSR count). The van der Waals surface area contributed by atoms with Crippen LogP contribution < -0.4 is 4.90 Å². The van der Waals surface area contributed by atoms with E-state index in [1.807, 2.05) is 29.4 Å². The lowest BCUT2D eigenvalue weighted by atomic mass is 9.95. The maximum Gasteiger partial charge on any atom is 0.225 e. The van der Waals surface area contributed by atoms with Crippen LogP contribution in [0.2, 0.25) is 0 Å². The van der Waals surface area contributed by atoms with Crippen LogP contribution >= 0.6 is 0 Å². The minimum atomic E-state index is 0.153. The van der Waals surface area contributed by atoms with E-state index in [2.05, 4.69) is 44.0 Å². The first kappa shape index (κ1) is 21.8. The zero-order valence-corrected chi connectivity index (χ0v) is 19.4. The van der Waals surface area contributed by atoms with E-state index in [0.29, 0.717) is 5.92 Å². The number of nitrogens with zero attached hydrogens (tertiary/aromatic N) is 6. The van der Waals surface area contributed by atoms with E-state index in [1.54, 1.807) is 6.92 Å². The predicted molar refractivity (Wildman–Crippen MR) is 130 cm³/mol. The van der Waals surface area contributed by atoms with Crippen LogP contribution in [-0.4, -0.2) is 69.9 Å². The summed E-state index contributed by atoms with van der Waals surface area (Å²) < 4.78 is 0. The molecule has 2 aliphatic rings. The number of carbonyl (C=O) groups is 1. The van der Waals surface area contributed by atoms with E-state index < -0.39 is 0 Å². The molecule has 1 amide bonds. The smallest absolute Gasteiger partial charge is 0.225 e. The number of hydrogen-bond donors (Lipinski definition) is 0. The molecular formula is C26H32N6O. The molecule has 33 heavy (non-hydrogen) atoms. The van der Waals surface area contributed by atoms with Crippen molar-refractivity contribution in [2.75, 3.05) is 44.2 Å². The summed E-state index contributed by atoms with van der Waals surface area (Å²) in [5.74, 6) is 1.35. The third-order valence-corrected chi connectivity index (χ3v) is 6.85. The van der Waals surface area contributed by atoms with Crippen molar-refractivity contribution in [3.63, 3.8) is 0 Å². The average Bonchev–Trinajstić information content (AvgIpc) is 3.29. The molecule has 7 nitrogen and oxygen atoms in total. The van der Waals surface area contributed by atoms with Gasteiger partial charge in [0.1, 0.15) is 0 Å². The number of rotatable bonds is 5. The Morgan fingerprint density at radius 2 is 1.85 bits per heavy atom. The number of benzene rings is 1. The Morgan fingerprint density at radius 1 is 0.970 bits per heavy atom. The molecule has 1 aromatic carbocycles. The van der Waals surface area contributed by atoms with Gasteiger partial charge >= 0.3 is 0 Å². The maximum absolute atomic E-state index is 12.3. The van der Waals surface area contributed by atoms with Crippen molar-refractivity contribution in [3.8, 4) is 0 Å². The average molecular weight is 445 g/mol. The number of carbonyl (C=O) groups excluding carboxylic acids is 1. The van der Waals surface area contributed by atoms with E-state index in [9.17, 15) is 4.79 Å². The van der Waals surface area contributed by atoms with Crippen molar-refractivity contribution in [2.24, 2.45) is 5.92 Å². The Balaban J connectivity index is 1.34. The number of aromatic nitrogens is 3. The molecule has 0 spiro atoms. The lowest BCUT2D eigenvalue weighted by Gasteiger charge is -2.25. The molecule has 0 aliphatic carbocycles. The van der Waals surface area contributed by atoms with Gasteiger partial charge in [0.25, 0.3) is 0 Å². The fraction of sp³-hybridized carbons (Fsp3) is 0.462. The SMILES string of the molecule is CC(=O)N1CCN(Cc2ccnc(N3CCCC3)n2)C[C@@H](Cc2cccc3ncccc23)C1. The molecule has 2 fully saturated rings. The molecule has 7 heteroatoms. The molecule has 2 saturated heterocycles. The lowest BCUT2D eigenvalue weighted by Crippen LogP contribution is -2.34. The van der Waals surface area contributed by atoms with E-state index in [-0.39, 0.29) is 5.91 Å². The third kappa shape index (κ3) is 5.14. The largest absolute Gasteiger partial charge is 0.341 e. The van der Waals surface area contributed by atoms with Gasteiger partial charge in [-0.05, 0) is 48.9 Å². The van der Waals surface area contributed by atoms with Crippen LogP contribution in [0.1, 0.15) is 31.0 Å². The van der Waals surface area contributed by atoms with Gasteiger partial charge in [-0.25, -0.2) is 9.97 Å². The summed E-state index contributed by atoms with van der Waals surface area (Å²) in [5, 5.41) is 1.20. The highest BCUT2D eigenvalue weighted by molar-refractivity contribution is 5.82. The number of hydrogen-bond acceptors (Lipinski definition) is 6. The van der Waals surface area contributed by atoms with Crippen molar-refractivity contribution in [3.05, 3.63) is 60.0 Å². The van der Waals surface area contributed by atoms with E-state index in [1.165, 1.54) is 23.8 Å². The van der Waals surface area contributed by atoms with Gasteiger partial charge in [0.2, 0.25) is 11.9 Å². The second-order valence-corrected chi connectivity index (χ2v) is 9.30. The zero-order valence-electron chi connectivity index (χ0n) is 19.4. The first-order chi connectivity index (χ1) is 16.2. The Bertz CT molecular complexity index is 1110. The Kier molecular flexibility index (Phi) is 6.48. The Labute approximate surface area is 195 Å². The van der Waals surface area contributed by atoms with E-state index in [0.717, 1.165) is 69.4 Å². The molecule has 0 radical (unpaired) electrons. The van der Waals surface area contributed by atoms with Gasteiger partial charge in [0.05, 0.1) is 11.2 Å². The van der Waals surface area contributed by atoms with Gasteiger partial charge in [0, 0.05) is 70.5 Å². The van der Waals surface area contributed by atoms with Gasteiger partial charge < -0.3 is 9.80 Å². The third-order valence-electron chi connectivity index (χ3n) is 6.85. The molecule has 0 bridgehead atoms. The lowest BCUT2D eigenvalue weighted by molar-refractivity contribution is -0.129. The molecule has 1 atom stereocenters. The van der Waals surface area contributed by atoms with Crippen molar-refractivity contribution >= 4 is 22.8 Å². The minimum Gasteiger partial charge on any atom is -0.341 e. The summed E-state index contributed by atoms with van der Waals surface area (Å²) in [4.78, 5) is 32.9. The topological polar surface area (TPSA) is 65.5 Å². The standard InChI is InChI=1S/C26H32N6O/c1-20(33)32-15-14-30(19-23-9-11-28-26(29-23)31-12-2-3-13-31)17-21(18-32)16-22-6-4-8-25-24(22)7-5-10-27-25/h4-11,21H,2-3,12-19H2,1H3/t21-/m1/s1. The quantitative estimate of drug-likeness (QED) is 0.602. The summed E-state index contributed by atoms with van der Waals surface area (Å²) in [6.45, 7) is 7.88. The molecule has 2 aliphatic heterocycles. The number of pyridine rings is 1. The first-order valence-electron chi connectivity index (χ1n) is 12.0. The molecular weight excluding hydrogens is 412 g/mol. The summed E-state index contributed by atoms with van der Waals surface area (Å²) in [5.41, 5.74) is 3.38. The first-order valence-corrected chi connectivity index (χ1v) is 12.0. The van der Waals surface area contributed by atoms with Crippen LogP contribution in [0.15, 0.2) is 48.8 Å². The van der Waals surface area contributed by atoms with Crippen molar-refractivity contribution < 1.29 is 4.79 Å². The Morgan fingerprint density at radius 3 is 2.70 bits per heavy atom. The van der Waals surface area contributed by atoms with Gasteiger partial charge in [-0.1, -0.05) is 18.2 Å². The minimum absolute atomic E-state index is 0.153. The molecule has 4 heterocycles. The van der Waals surface area contributed by atoms with Gasteiger partial charge in [-0.15, -0.1) is 0 Å². The molecule has 3 aromatic rings. The number of fused-ring (bicyclic) bond motifs is 1. The van der Waals surface area contributed by atoms with Crippen LogP contribution in [0.3, 0.4) is 0 Å². The van der Waals surface area contributed by atoms with Crippen LogP contribution in [0.25, 0.3) is 10.9 Å². The molecule has 172 valence electrons. The highest BCUT2D eigenvalue weighted by atomic mass is 16.2. The summed E-state index contributed by atoms with van der Waals surface area (Å²) in [6, 6.07) is 12.5. The van der Waals surface area contributed by atoms with E-state index >= 15 is 0 Å². The normalized spacial score (nSPS) is 19.7. The van der Waals surface area contributed by atoms with Gasteiger partial charge in [-0.2, -0.15) is 0 Å². The second kappa shape index (κ2) is 9.83. The van der Waals surface area contributed by atoms with Crippen molar-refractivity contribution in [2.45, 2.75) is 32.7 Å². The summed E-state index contributed by atoms with van der Waals surface area (Å²) >= 11 is 0. The van der Waals surface area contributed by atoms with Crippen molar-refractivity contribution in [1.82, 2.24) is 24.8 Å². The van der Waals surface area contributed by atoms with Crippen LogP contribution in [-0.2, 0) is 17.8 Å². The molecule has 2 aromatic heterocycles. The van der Waals surface area contributed by atoms with Gasteiger partial charge in [0.15, 0.2) is 0 Å². The van der Waals surface area contributed by atoms with Crippen LogP contribution in [0.5, 0.6) is 0 Å². The van der Waals surface area contributed by atoms with Crippen LogP contribution in [0, 0.1) is 5.92 Å². The zero-order chi connectivity index (χ0) is 22.6. The molecule has 0 saturated carbocycles. The predicted octanol–water partition coefficient (Wildman–Crippen LogP) is 3.15. The highest BCUT2D eigenvalue weighted by Crippen LogP contribution is 2.23.